The molecule has 0 saturated heterocycles. The van der Waals surface area contributed by atoms with Crippen LogP contribution >= 0.6 is 0 Å². The maximum atomic E-state index is 10.6. The Morgan fingerprint density at radius 3 is 3.14 bits per heavy atom. The van der Waals surface area contributed by atoms with Gasteiger partial charge in [0.05, 0.1) is 5.69 Å². The number of amides is 1. The summed E-state index contributed by atoms with van der Waals surface area (Å²) in [5.74, 6) is 1.61. The van der Waals surface area contributed by atoms with E-state index >= 15 is 0 Å². The molecule has 4 heteroatoms. The number of carbonyl (C=O) groups is 1. The van der Waals surface area contributed by atoms with Crippen LogP contribution in [0.5, 0.6) is 0 Å². The average molecular weight is 194 g/mol. The third-order valence-electron chi connectivity index (χ3n) is 2.31. The molecule has 1 N–H and O–H groups in total. The molecule has 1 fully saturated rings. The van der Waals surface area contributed by atoms with E-state index in [1.807, 2.05) is 6.07 Å². The summed E-state index contributed by atoms with van der Waals surface area (Å²) >= 11 is 0. The van der Waals surface area contributed by atoms with Gasteiger partial charge < -0.3 is 9.84 Å². The zero-order chi connectivity index (χ0) is 9.97. The molecule has 14 heavy (non-hydrogen) atoms. The van der Waals surface area contributed by atoms with E-state index in [4.69, 9.17) is 4.52 Å². The highest BCUT2D eigenvalue weighted by Gasteiger charge is 2.27. The number of aromatic nitrogens is 1. The molecule has 0 atom stereocenters. The van der Waals surface area contributed by atoms with Gasteiger partial charge in [-0.15, -0.1) is 0 Å². The largest absolute Gasteiger partial charge is 0.361 e. The number of nitrogens with one attached hydrogen (secondary N) is 1. The second-order valence-corrected chi connectivity index (χ2v) is 3.73. The second-order valence-electron chi connectivity index (χ2n) is 3.73. The van der Waals surface area contributed by atoms with Gasteiger partial charge in [-0.3, -0.25) is 4.79 Å². The number of rotatable bonds is 4. The minimum absolute atomic E-state index is 0.00379. The highest BCUT2D eigenvalue weighted by molar-refractivity contribution is 5.72. The maximum Gasteiger partial charge on any atom is 0.216 e. The molecule has 1 heterocycles. The lowest BCUT2D eigenvalue weighted by Gasteiger charge is -1.96. The Balaban J connectivity index is 1.80. The van der Waals surface area contributed by atoms with Crippen LogP contribution in [-0.4, -0.2) is 17.6 Å². The summed E-state index contributed by atoms with van der Waals surface area (Å²) in [6.07, 6.45) is 3.19. The maximum absolute atomic E-state index is 10.6. The third kappa shape index (κ3) is 2.34. The minimum Gasteiger partial charge on any atom is -0.361 e. The Morgan fingerprint density at radius 2 is 2.50 bits per heavy atom. The van der Waals surface area contributed by atoms with Gasteiger partial charge in [0.25, 0.3) is 0 Å². The highest BCUT2D eigenvalue weighted by Crippen LogP contribution is 2.40. The van der Waals surface area contributed by atoms with Gasteiger partial charge >= 0.3 is 0 Å². The van der Waals surface area contributed by atoms with Crippen molar-refractivity contribution in [3.8, 4) is 0 Å². The van der Waals surface area contributed by atoms with Crippen molar-refractivity contribution in [2.75, 3.05) is 6.54 Å². The monoisotopic (exact) mass is 194 g/mol. The van der Waals surface area contributed by atoms with Crippen LogP contribution in [0.15, 0.2) is 10.6 Å². The van der Waals surface area contributed by atoms with Gasteiger partial charge in [-0.25, -0.2) is 0 Å². The Labute approximate surface area is 82.7 Å². The molecule has 4 nitrogen and oxygen atoms in total. The van der Waals surface area contributed by atoms with Gasteiger partial charge in [0.1, 0.15) is 5.76 Å². The molecule has 1 saturated carbocycles. The van der Waals surface area contributed by atoms with E-state index in [9.17, 15) is 4.79 Å². The third-order valence-corrected chi connectivity index (χ3v) is 2.31. The van der Waals surface area contributed by atoms with Gasteiger partial charge in [-0.2, -0.15) is 0 Å². The molecule has 1 amide bonds. The Hall–Kier alpha value is -1.32. The van der Waals surface area contributed by atoms with Crippen LogP contribution in [-0.2, 0) is 11.2 Å². The Morgan fingerprint density at radius 1 is 1.71 bits per heavy atom. The lowest BCUT2D eigenvalue weighted by atomic mass is 10.2. The standard InChI is InChI=1S/C10H14N2O2/c1-7(13)11-5-4-9-6-10(14-12-9)8-2-3-8/h6,8H,2-5H2,1H3,(H,11,13). The predicted octanol–water partition coefficient (Wildman–Crippen LogP) is 1.23. The Bertz CT molecular complexity index is 329. The summed E-state index contributed by atoms with van der Waals surface area (Å²) in [6.45, 7) is 2.14. The fourth-order valence-corrected chi connectivity index (χ4v) is 1.37. The van der Waals surface area contributed by atoms with Crippen LogP contribution in [0.25, 0.3) is 0 Å². The number of hydrogen-bond acceptors (Lipinski definition) is 3. The van der Waals surface area contributed by atoms with E-state index in [1.54, 1.807) is 0 Å². The summed E-state index contributed by atoms with van der Waals surface area (Å²) in [4.78, 5) is 10.6. The predicted molar refractivity (Wildman–Crippen MR) is 50.9 cm³/mol. The van der Waals surface area contributed by atoms with Gasteiger partial charge in [0, 0.05) is 31.9 Å². The first-order valence-electron chi connectivity index (χ1n) is 4.95. The fraction of sp³-hybridized carbons (Fsp3) is 0.600. The summed E-state index contributed by atoms with van der Waals surface area (Å²) in [5.41, 5.74) is 0.931. The van der Waals surface area contributed by atoms with E-state index in [0.717, 1.165) is 17.9 Å². The quantitative estimate of drug-likeness (QED) is 0.784. The van der Waals surface area contributed by atoms with Crippen LogP contribution < -0.4 is 5.32 Å². The summed E-state index contributed by atoms with van der Waals surface area (Å²) < 4.78 is 5.18. The number of carbonyl (C=O) groups excluding carboxylic acids is 1. The van der Waals surface area contributed by atoms with Gasteiger partial charge in [-0.05, 0) is 12.8 Å². The van der Waals surface area contributed by atoms with Crippen molar-refractivity contribution in [1.29, 1.82) is 0 Å². The van der Waals surface area contributed by atoms with E-state index in [2.05, 4.69) is 10.5 Å². The summed E-state index contributed by atoms with van der Waals surface area (Å²) in [7, 11) is 0. The first kappa shape index (κ1) is 9.24. The SMILES string of the molecule is CC(=O)NCCc1cc(C2CC2)on1. The summed E-state index contributed by atoms with van der Waals surface area (Å²) in [6, 6.07) is 2.00. The zero-order valence-electron chi connectivity index (χ0n) is 8.25. The van der Waals surface area contributed by atoms with Crippen molar-refractivity contribution in [2.45, 2.75) is 32.1 Å². The minimum atomic E-state index is -0.00379. The molecule has 1 aliphatic rings. The lowest BCUT2D eigenvalue weighted by Crippen LogP contribution is -2.22. The van der Waals surface area contributed by atoms with Crippen LogP contribution in [0.4, 0.5) is 0 Å². The second kappa shape index (κ2) is 3.82. The molecule has 76 valence electrons. The topological polar surface area (TPSA) is 55.1 Å². The molecule has 1 aromatic heterocycles. The van der Waals surface area contributed by atoms with Crippen molar-refractivity contribution < 1.29 is 9.32 Å². The van der Waals surface area contributed by atoms with Crippen molar-refractivity contribution in [1.82, 2.24) is 10.5 Å². The molecule has 0 radical (unpaired) electrons. The average Bonchev–Trinajstić information content (AvgIpc) is 2.87. The van der Waals surface area contributed by atoms with E-state index in [0.29, 0.717) is 12.5 Å². The molecule has 0 aliphatic heterocycles. The molecular weight excluding hydrogens is 180 g/mol. The smallest absolute Gasteiger partial charge is 0.216 e. The molecule has 0 bridgehead atoms. The van der Waals surface area contributed by atoms with Crippen molar-refractivity contribution in [3.05, 3.63) is 17.5 Å². The van der Waals surface area contributed by atoms with Crippen molar-refractivity contribution >= 4 is 5.91 Å². The van der Waals surface area contributed by atoms with Crippen molar-refractivity contribution in [3.63, 3.8) is 0 Å². The van der Waals surface area contributed by atoms with Gasteiger partial charge in [-0.1, -0.05) is 5.16 Å². The molecule has 2 rings (SSSR count). The van der Waals surface area contributed by atoms with Gasteiger partial charge in [0.2, 0.25) is 5.91 Å². The fourth-order valence-electron chi connectivity index (χ4n) is 1.37. The van der Waals surface area contributed by atoms with E-state index in [1.165, 1.54) is 19.8 Å². The van der Waals surface area contributed by atoms with Crippen LogP contribution in [0.1, 0.15) is 37.1 Å². The molecule has 0 unspecified atom stereocenters. The van der Waals surface area contributed by atoms with Crippen LogP contribution in [0, 0.1) is 0 Å². The van der Waals surface area contributed by atoms with Crippen molar-refractivity contribution in [2.24, 2.45) is 0 Å². The molecule has 1 aliphatic carbocycles. The first-order valence-corrected chi connectivity index (χ1v) is 4.95. The number of hydrogen-bond donors (Lipinski definition) is 1. The van der Waals surface area contributed by atoms with E-state index < -0.39 is 0 Å². The molecule has 1 aromatic rings. The first-order chi connectivity index (χ1) is 6.75. The summed E-state index contributed by atoms with van der Waals surface area (Å²) in [5, 5.41) is 6.68. The molecule has 0 spiro atoms. The molecular formula is C10H14N2O2. The van der Waals surface area contributed by atoms with E-state index in [-0.39, 0.29) is 5.91 Å². The van der Waals surface area contributed by atoms with Crippen LogP contribution in [0.3, 0.4) is 0 Å². The zero-order valence-corrected chi connectivity index (χ0v) is 8.25. The van der Waals surface area contributed by atoms with Gasteiger partial charge in [0.15, 0.2) is 0 Å². The number of nitrogens with zero attached hydrogens (tertiary/aromatic N) is 1. The molecule has 0 aromatic carbocycles. The Kier molecular flexibility index (Phi) is 2.52. The highest BCUT2D eigenvalue weighted by atomic mass is 16.5. The van der Waals surface area contributed by atoms with Crippen LogP contribution in [0.2, 0.25) is 0 Å². The normalized spacial score (nSPS) is 15.5. The lowest BCUT2D eigenvalue weighted by molar-refractivity contribution is -0.118.